The van der Waals surface area contributed by atoms with Gasteiger partial charge in [0.1, 0.15) is 5.82 Å². The summed E-state index contributed by atoms with van der Waals surface area (Å²) in [6.45, 7) is 4.28. The Morgan fingerprint density at radius 3 is 3.18 bits per heavy atom. The van der Waals surface area contributed by atoms with Crippen LogP contribution < -0.4 is 5.73 Å². The van der Waals surface area contributed by atoms with Crippen molar-refractivity contribution >= 4 is 0 Å². The summed E-state index contributed by atoms with van der Waals surface area (Å²) in [4.78, 5) is 7.34. The second kappa shape index (κ2) is 3.93. The topological polar surface area (TPSA) is 54.7 Å². The van der Waals surface area contributed by atoms with Crippen LogP contribution in [0.1, 0.15) is 11.5 Å². The molecule has 3 heteroatoms. The second-order valence-electron chi connectivity index (χ2n) is 2.37. The number of H-pyrrole nitrogens is 1. The lowest BCUT2D eigenvalue weighted by Crippen LogP contribution is -2.02. The third kappa shape index (κ3) is 2.20. The molecular weight excluding hydrogens is 138 g/mol. The molecule has 0 saturated carbocycles. The van der Waals surface area contributed by atoms with Gasteiger partial charge in [0, 0.05) is 19.0 Å². The Labute approximate surface area is 66.3 Å². The average Bonchev–Trinajstić information content (AvgIpc) is 2.38. The maximum Gasteiger partial charge on any atom is 0.110 e. The highest BCUT2D eigenvalue weighted by molar-refractivity contribution is 5.03. The van der Waals surface area contributed by atoms with Gasteiger partial charge in [-0.2, -0.15) is 0 Å². The molecule has 60 valence electrons. The van der Waals surface area contributed by atoms with Crippen LogP contribution >= 0.6 is 0 Å². The fraction of sp³-hybridized carbons (Fsp3) is 0.375. The molecule has 11 heavy (non-hydrogen) atoms. The number of hydrogen-bond acceptors (Lipinski definition) is 2. The van der Waals surface area contributed by atoms with Crippen molar-refractivity contribution in [2.45, 2.75) is 12.8 Å². The molecule has 0 unspecified atom stereocenters. The van der Waals surface area contributed by atoms with Crippen LogP contribution in [-0.2, 0) is 12.8 Å². The highest BCUT2D eigenvalue weighted by atomic mass is 14.9. The zero-order valence-electron chi connectivity index (χ0n) is 6.51. The predicted octanol–water partition coefficient (Wildman–Crippen LogP) is 0.639. The number of rotatable bonds is 4. The zero-order valence-corrected chi connectivity index (χ0v) is 6.51. The molecule has 0 bridgehead atoms. The smallest absolute Gasteiger partial charge is 0.110 e. The van der Waals surface area contributed by atoms with Crippen molar-refractivity contribution in [3.05, 3.63) is 30.4 Å². The first-order chi connectivity index (χ1) is 5.36. The van der Waals surface area contributed by atoms with Gasteiger partial charge in [0.2, 0.25) is 0 Å². The number of allylic oxidation sites excluding steroid dienone is 1. The van der Waals surface area contributed by atoms with E-state index in [0.717, 1.165) is 24.4 Å². The van der Waals surface area contributed by atoms with Crippen LogP contribution in [0, 0.1) is 0 Å². The molecule has 0 amide bonds. The molecule has 0 fully saturated rings. The molecule has 1 aromatic heterocycles. The number of hydrogen-bond donors (Lipinski definition) is 2. The molecule has 0 saturated heterocycles. The summed E-state index contributed by atoms with van der Waals surface area (Å²) >= 11 is 0. The van der Waals surface area contributed by atoms with E-state index in [0.29, 0.717) is 6.54 Å². The van der Waals surface area contributed by atoms with Crippen molar-refractivity contribution in [2.24, 2.45) is 5.73 Å². The molecule has 0 aliphatic carbocycles. The van der Waals surface area contributed by atoms with Crippen molar-refractivity contribution in [3.8, 4) is 0 Å². The summed E-state index contributed by atoms with van der Waals surface area (Å²) in [7, 11) is 0. The maximum absolute atomic E-state index is 5.37. The SMILES string of the molecule is C=CCc1nc(CCN)c[nH]1. The molecule has 0 spiro atoms. The van der Waals surface area contributed by atoms with Crippen LogP contribution in [0.25, 0.3) is 0 Å². The molecule has 3 nitrogen and oxygen atoms in total. The van der Waals surface area contributed by atoms with E-state index in [9.17, 15) is 0 Å². The first-order valence-electron chi connectivity index (χ1n) is 3.71. The quantitative estimate of drug-likeness (QED) is 0.620. The molecule has 0 radical (unpaired) electrons. The van der Waals surface area contributed by atoms with Gasteiger partial charge in [-0.3, -0.25) is 0 Å². The van der Waals surface area contributed by atoms with Crippen molar-refractivity contribution in [1.82, 2.24) is 9.97 Å². The molecular formula is C8H13N3. The second-order valence-corrected chi connectivity index (χ2v) is 2.37. The number of aromatic amines is 1. The van der Waals surface area contributed by atoms with E-state index >= 15 is 0 Å². The highest BCUT2D eigenvalue weighted by Gasteiger charge is 1.96. The molecule has 0 aliphatic rings. The Morgan fingerprint density at radius 2 is 2.55 bits per heavy atom. The molecule has 0 aromatic carbocycles. The summed E-state index contributed by atoms with van der Waals surface area (Å²) in [5.41, 5.74) is 6.40. The number of imidazole rings is 1. The van der Waals surface area contributed by atoms with E-state index in [1.807, 2.05) is 12.3 Å². The Hall–Kier alpha value is -1.09. The molecule has 0 atom stereocenters. The summed E-state index contributed by atoms with van der Waals surface area (Å²) in [6.07, 6.45) is 5.36. The van der Waals surface area contributed by atoms with Crippen molar-refractivity contribution in [2.75, 3.05) is 6.54 Å². The van der Waals surface area contributed by atoms with E-state index in [4.69, 9.17) is 5.73 Å². The van der Waals surface area contributed by atoms with Crippen LogP contribution in [0.3, 0.4) is 0 Å². The Balaban J connectivity index is 2.57. The lowest BCUT2D eigenvalue weighted by atomic mass is 10.3. The third-order valence-corrected chi connectivity index (χ3v) is 1.42. The van der Waals surface area contributed by atoms with Gasteiger partial charge in [0.05, 0.1) is 5.69 Å². The normalized spacial score (nSPS) is 9.91. The zero-order chi connectivity index (χ0) is 8.10. The summed E-state index contributed by atoms with van der Waals surface area (Å²) in [5.74, 6) is 0.962. The van der Waals surface area contributed by atoms with Crippen LogP contribution in [0.5, 0.6) is 0 Å². The first-order valence-corrected chi connectivity index (χ1v) is 3.71. The average molecular weight is 151 g/mol. The fourth-order valence-electron chi connectivity index (χ4n) is 0.922. The maximum atomic E-state index is 5.37. The fourth-order valence-corrected chi connectivity index (χ4v) is 0.922. The monoisotopic (exact) mass is 151 g/mol. The van der Waals surface area contributed by atoms with Gasteiger partial charge in [-0.1, -0.05) is 6.08 Å². The first kappa shape index (κ1) is 8.01. The van der Waals surface area contributed by atoms with Crippen molar-refractivity contribution in [1.29, 1.82) is 0 Å². The van der Waals surface area contributed by atoms with Gasteiger partial charge in [0.15, 0.2) is 0 Å². The summed E-state index contributed by atoms with van der Waals surface area (Å²) in [6, 6.07) is 0. The number of aromatic nitrogens is 2. The van der Waals surface area contributed by atoms with Crippen molar-refractivity contribution < 1.29 is 0 Å². The molecule has 1 aromatic rings. The standard InChI is InChI=1S/C8H13N3/c1-2-3-8-10-6-7(11-8)4-5-9/h2,6H,1,3-5,9H2,(H,10,11). The molecule has 0 aliphatic heterocycles. The largest absolute Gasteiger partial charge is 0.348 e. The van der Waals surface area contributed by atoms with Crippen LogP contribution in [0.2, 0.25) is 0 Å². The summed E-state index contributed by atoms with van der Waals surface area (Å²) < 4.78 is 0. The van der Waals surface area contributed by atoms with Gasteiger partial charge >= 0.3 is 0 Å². The highest BCUT2D eigenvalue weighted by Crippen LogP contribution is 1.98. The molecule has 1 rings (SSSR count). The third-order valence-electron chi connectivity index (χ3n) is 1.42. The predicted molar refractivity (Wildman–Crippen MR) is 45.2 cm³/mol. The van der Waals surface area contributed by atoms with E-state index in [2.05, 4.69) is 16.5 Å². The van der Waals surface area contributed by atoms with Crippen LogP contribution in [0.4, 0.5) is 0 Å². The van der Waals surface area contributed by atoms with E-state index in [1.54, 1.807) is 0 Å². The van der Waals surface area contributed by atoms with E-state index < -0.39 is 0 Å². The van der Waals surface area contributed by atoms with Crippen LogP contribution in [0.15, 0.2) is 18.9 Å². The van der Waals surface area contributed by atoms with Gasteiger partial charge < -0.3 is 10.7 Å². The summed E-state index contributed by atoms with van der Waals surface area (Å²) in [5, 5.41) is 0. The molecule has 3 N–H and O–H groups in total. The number of nitrogens with one attached hydrogen (secondary N) is 1. The van der Waals surface area contributed by atoms with Crippen molar-refractivity contribution in [3.63, 3.8) is 0 Å². The van der Waals surface area contributed by atoms with E-state index in [-0.39, 0.29) is 0 Å². The van der Waals surface area contributed by atoms with E-state index in [1.165, 1.54) is 0 Å². The van der Waals surface area contributed by atoms with Gasteiger partial charge in [0.25, 0.3) is 0 Å². The molecule has 1 heterocycles. The van der Waals surface area contributed by atoms with Gasteiger partial charge in [-0.25, -0.2) is 4.98 Å². The number of nitrogens with zero attached hydrogens (tertiary/aromatic N) is 1. The number of nitrogens with two attached hydrogens (primary N) is 1. The Kier molecular flexibility index (Phi) is 2.86. The Bertz CT molecular complexity index is 227. The minimum absolute atomic E-state index is 0.651. The minimum atomic E-state index is 0.651. The van der Waals surface area contributed by atoms with Crippen LogP contribution in [-0.4, -0.2) is 16.5 Å². The van der Waals surface area contributed by atoms with Gasteiger partial charge in [-0.15, -0.1) is 6.58 Å². The van der Waals surface area contributed by atoms with Gasteiger partial charge in [-0.05, 0) is 6.54 Å². The minimum Gasteiger partial charge on any atom is -0.348 e. The lowest BCUT2D eigenvalue weighted by molar-refractivity contribution is 0.923. The Morgan fingerprint density at radius 1 is 1.73 bits per heavy atom. The lowest BCUT2D eigenvalue weighted by Gasteiger charge is -1.87.